The van der Waals surface area contributed by atoms with Gasteiger partial charge in [-0.05, 0) is 48.3 Å². The Labute approximate surface area is 178 Å². The normalized spacial score (nSPS) is 22.0. The topological polar surface area (TPSA) is 107 Å². The van der Waals surface area contributed by atoms with Crippen LogP contribution in [0, 0.1) is 16.7 Å². The molecule has 0 radical (unpaired) electrons. The molecule has 4 rings (SSSR count). The van der Waals surface area contributed by atoms with Crippen LogP contribution in [-0.4, -0.2) is 38.7 Å². The summed E-state index contributed by atoms with van der Waals surface area (Å²) in [4.78, 5) is 13.3. The number of allylic oxidation sites excluding steroid dienone is 1. The summed E-state index contributed by atoms with van der Waals surface area (Å²) in [5.41, 5.74) is 3.93. The second kappa shape index (κ2) is 8.41. The number of nitriles is 1. The van der Waals surface area contributed by atoms with Crippen molar-refractivity contribution < 1.29 is 6.53 Å². The van der Waals surface area contributed by atoms with Crippen molar-refractivity contribution in [1.82, 2.24) is 15.0 Å². The monoisotopic (exact) mass is 406 g/mol. The summed E-state index contributed by atoms with van der Waals surface area (Å²) in [5, 5.41) is 26.3. The second-order valence-electron chi connectivity index (χ2n) is 8.80. The quantitative estimate of drug-likeness (QED) is 0.670. The van der Waals surface area contributed by atoms with E-state index in [-0.39, 0.29) is 19.0 Å². The number of aromatic nitrogens is 3. The number of nitrogens with zero attached hydrogens (tertiary/aromatic N) is 4. The highest BCUT2D eigenvalue weighted by atomic mass is 16.3. The van der Waals surface area contributed by atoms with Crippen molar-refractivity contribution in [3.8, 4) is 6.07 Å². The smallest absolute Gasteiger partial charge is 0.224 e. The number of rotatable bonds is 6. The molecule has 7 heteroatoms. The van der Waals surface area contributed by atoms with Gasteiger partial charge in [-0.3, -0.25) is 4.98 Å². The highest BCUT2D eigenvalue weighted by Crippen LogP contribution is 2.37. The summed E-state index contributed by atoms with van der Waals surface area (Å²) in [5.74, 6) is 1.07. The lowest BCUT2D eigenvalue weighted by molar-refractivity contribution is 0.00926. The zero-order valence-electron chi connectivity index (χ0n) is 17.5. The molecule has 0 aliphatic heterocycles. The molecule has 2 aliphatic carbocycles. The van der Waals surface area contributed by atoms with Crippen LogP contribution >= 0.6 is 0 Å². The number of hydrogen-bond donors (Lipinski definition) is 3. The van der Waals surface area contributed by atoms with E-state index in [4.69, 9.17) is 0 Å². The van der Waals surface area contributed by atoms with Gasteiger partial charge in [0.05, 0.1) is 18.0 Å². The van der Waals surface area contributed by atoms with Gasteiger partial charge in [0.1, 0.15) is 17.5 Å². The SMILES string of the molecule is CC1(C)C[C@H](Nc2nc(NCCC3=CCc4ncccc43)ncc2C#N)CC[C@@H]1O.[HH]. The van der Waals surface area contributed by atoms with Crippen LogP contribution in [0.15, 0.2) is 30.6 Å². The molecule has 3 N–H and O–H groups in total. The predicted molar refractivity (Wildman–Crippen MR) is 119 cm³/mol. The molecular weight excluding hydrogens is 376 g/mol. The Morgan fingerprint density at radius 1 is 1.33 bits per heavy atom. The van der Waals surface area contributed by atoms with E-state index in [1.165, 1.54) is 11.1 Å². The van der Waals surface area contributed by atoms with E-state index in [1.54, 1.807) is 6.20 Å². The van der Waals surface area contributed by atoms with Crippen LogP contribution in [0.4, 0.5) is 11.8 Å². The number of aliphatic hydroxyl groups is 1. The van der Waals surface area contributed by atoms with E-state index >= 15 is 0 Å². The minimum absolute atomic E-state index is 0. The summed E-state index contributed by atoms with van der Waals surface area (Å²) in [6.45, 7) is 4.86. The first-order valence-corrected chi connectivity index (χ1v) is 10.5. The third kappa shape index (κ3) is 4.29. The van der Waals surface area contributed by atoms with Crippen molar-refractivity contribution in [3.05, 3.63) is 47.4 Å². The first-order valence-electron chi connectivity index (χ1n) is 10.5. The summed E-state index contributed by atoms with van der Waals surface area (Å²) in [6.07, 6.45) is 9.50. The number of pyridine rings is 1. The maximum Gasteiger partial charge on any atom is 0.224 e. The molecule has 30 heavy (non-hydrogen) atoms. The average molecular weight is 407 g/mol. The molecule has 158 valence electrons. The fraction of sp³-hybridized carbons (Fsp3) is 0.478. The minimum Gasteiger partial charge on any atom is -0.393 e. The van der Waals surface area contributed by atoms with Crippen molar-refractivity contribution >= 4 is 17.3 Å². The Morgan fingerprint density at radius 3 is 3.00 bits per heavy atom. The van der Waals surface area contributed by atoms with Crippen LogP contribution < -0.4 is 10.6 Å². The van der Waals surface area contributed by atoms with Gasteiger partial charge in [0.2, 0.25) is 5.95 Å². The van der Waals surface area contributed by atoms with E-state index in [0.717, 1.165) is 37.8 Å². The summed E-state index contributed by atoms with van der Waals surface area (Å²) in [7, 11) is 0. The van der Waals surface area contributed by atoms with Gasteiger partial charge in [0.15, 0.2) is 0 Å². The van der Waals surface area contributed by atoms with Crippen molar-refractivity contribution in [2.24, 2.45) is 5.41 Å². The third-order valence-electron chi connectivity index (χ3n) is 6.17. The lowest BCUT2D eigenvalue weighted by atomic mass is 9.73. The van der Waals surface area contributed by atoms with Crippen LogP contribution in [0.3, 0.4) is 0 Å². The fourth-order valence-electron chi connectivity index (χ4n) is 4.37. The highest BCUT2D eigenvalue weighted by molar-refractivity contribution is 5.71. The highest BCUT2D eigenvalue weighted by Gasteiger charge is 2.35. The predicted octanol–water partition coefficient (Wildman–Crippen LogP) is 3.78. The second-order valence-corrected chi connectivity index (χ2v) is 8.80. The number of hydrogen-bond acceptors (Lipinski definition) is 7. The van der Waals surface area contributed by atoms with Crippen LogP contribution in [0.2, 0.25) is 0 Å². The maximum atomic E-state index is 10.2. The lowest BCUT2D eigenvalue weighted by Crippen LogP contribution is -2.41. The first kappa shape index (κ1) is 20.3. The van der Waals surface area contributed by atoms with Crippen molar-refractivity contribution in [1.29, 1.82) is 5.26 Å². The lowest BCUT2D eigenvalue weighted by Gasteiger charge is -2.40. The molecule has 2 aromatic heterocycles. The Morgan fingerprint density at radius 2 is 2.20 bits per heavy atom. The fourth-order valence-corrected chi connectivity index (χ4v) is 4.37. The van der Waals surface area contributed by atoms with E-state index in [0.29, 0.717) is 23.9 Å². The number of aliphatic hydroxyl groups excluding tert-OH is 1. The van der Waals surface area contributed by atoms with Crippen molar-refractivity contribution in [2.75, 3.05) is 17.2 Å². The average Bonchev–Trinajstić information content (AvgIpc) is 3.14. The summed E-state index contributed by atoms with van der Waals surface area (Å²) < 4.78 is 0. The Balaban J connectivity index is 0.00000272. The van der Waals surface area contributed by atoms with Crippen LogP contribution in [0.25, 0.3) is 5.57 Å². The van der Waals surface area contributed by atoms with Crippen molar-refractivity contribution in [2.45, 2.75) is 58.1 Å². The zero-order chi connectivity index (χ0) is 21.1. The van der Waals surface area contributed by atoms with Gasteiger partial charge in [-0.2, -0.15) is 10.2 Å². The summed E-state index contributed by atoms with van der Waals surface area (Å²) in [6, 6.07) is 6.43. The molecule has 0 amide bonds. The van der Waals surface area contributed by atoms with E-state index < -0.39 is 0 Å². The maximum absolute atomic E-state index is 10.2. The van der Waals surface area contributed by atoms with Gasteiger partial charge >= 0.3 is 0 Å². The van der Waals surface area contributed by atoms with Gasteiger partial charge in [0.25, 0.3) is 0 Å². The Hall–Kier alpha value is -2.98. The first-order chi connectivity index (χ1) is 14.5. The molecule has 7 nitrogen and oxygen atoms in total. The molecule has 0 aromatic carbocycles. The van der Waals surface area contributed by atoms with Crippen LogP contribution in [0.5, 0.6) is 0 Å². The third-order valence-corrected chi connectivity index (χ3v) is 6.17. The standard InChI is InChI=1S/C23H28N6O.H2/c1-23(2)12-17(6-8-20(23)30)28-21-16(13-24)14-27-22(29-21)26-11-9-15-5-7-19-18(15)4-3-10-25-19;/h3-5,10,14,17,20,30H,6-9,11-12H2,1-2H3,(H2,26,27,28,29);1H/t17-,20+;/m1./s1. The Bertz CT molecular complexity index is 1000. The van der Waals surface area contributed by atoms with Gasteiger partial charge in [0, 0.05) is 26.6 Å². The minimum atomic E-state index is -0.293. The molecule has 2 heterocycles. The molecule has 0 bridgehead atoms. The molecule has 0 spiro atoms. The molecule has 2 aliphatic rings. The van der Waals surface area contributed by atoms with E-state index in [2.05, 4.69) is 57.6 Å². The van der Waals surface area contributed by atoms with Gasteiger partial charge in [-0.25, -0.2) is 4.98 Å². The molecule has 2 atom stereocenters. The van der Waals surface area contributed by atoms with Crippen LogP contribution in [0.1, 0.15) is 57.8 Å². The van der Waals surface area contributed by atoms with Gasteiger partial charge in [-0.1, -0.05) is 26.0 Å². The van der Waals surface area contributed by atoms with Gasteiger partial charge < -0.3 is 15.7 Å². The number of fused-ring (bicyclic) bond motifs is 1. The molecular formula is C23H30N6O. The Kier molecular flexibility index (Phi) is 5.69. The van der Waals surface area contributed by atoms with E-state index in [1.807, 2.05) is 12.3 Å². The molecule has 2 aromatic rings. The number of nitrogens with one attached hydrogen (secondary N) is 2. The molecule has 0 saturated heterocycles. The van der Waals surface area contributed by atoms with Crippen LogP contribution in [-0.2, 0) is 6.42 Å². The summed E-state index contributed by atoms with van der Waals surface area (Å²) >= 11 is 0. The molecule has 1 fully saturated rings. The van der Waals surface area contributed by atoms with E-state index in [9.17, 15) is 10.4 Å². The number of anilines is 2. The zero-order valence-corrected chi connectivity index (χ0v) is 17.5. The molecule has 1 saturated carbocycles. The molecule has 0 unspecified atom stereocenters. The van der Waals surface area contributed by atoms with Crippen molar-refractivity contribution in [3.63, 3.8) is 0 Å². The largest absolute Gasteiger partial charge is 0.393 e. The van der Waals surface area contributed by atoms with Gasteiger partial charge in [-0.15, -0.1) is 0 Å².